The van der Waals surface area contributed by atoms with Crippen molar-refractivity contribution in [1.29, 1.82) is 0 Å². The van der Waals surface area contributed by atoms with Gasteiger partial charge in [0.15, 0.2) is 0 Å². The number of amides is 1. The molecule has 0 spiro atoms. The molecule has 1 heterocycles. The van der Waals surface area contributed by atoms with E-state index in [-0.39, 0.29) is 42.2 Å². The van der Waals surface area contributed by atoms with Crippen LogP contribution in [0, 0.1) is 5.92 Å². The molecule has 8 nitrogen and oxygen atoms in total. The zero-order valence-electron chi connectivity index (χ0n) is 17.1. The van der Waals surface area contributed by atoms with Crippen LogP contribution >= 0.6 is 12.4 Å². The van der Waals surface area contributed by atoms with Crippen molar-refractivity contribution in [3.8, 4) is 5.75 Å². The van der Waals surface area contributed by atoms with Crippen molar-refractivity contribution in [3.05, 3.63) is 24.3 Å². The molecule has 1 aromatic rings. The molecule has 1 amide bonds. The molecular formula is C19H32ClN3O5S. The molecule has 0 aliphatic carbocycles. The van der Waals surface area contributed by atoms with Crippen LogP contribution in [0.2, 0.25) is 0 Å². The molecule has 0 radical (unpaired) electrons. The number of halogens is 1. The number of aliphatic hydroxyl groups excluding tert-OH is 1. The van der Waals surface area contributed by atoms with Gasteiger partial charge in [0.1, 0.15) is 5.75 Å². The summed E-state index contributed by atoms with van der Waals surface area (Å²) in [7, 11) is -2.24. The summed E-state index contributed by atoms with van der Waals surface area (Å²) in [6.45, 7) is 4.15. The van der Waals surface area contributed by atoms with Gasteiger partial charge in [0, 0.05) is 13.1 Å². The molecule has 29 heavy (non-hydrogen) atoms. The first kappa shape index (κ1) is 25.6. The Hall–Kier alpha value is -1.39. The number of hydrogen-bond donors (Lipinski definition) is 3. The Morgan fingerprint density at radius 2 is 1.97 bits per heavy atom. The highest BCUT2D eigenvalue weighted by molar-refractivity contribution is 7.89. The number of aliphatic hydroxyl groups is 1. The summed E-state index contributed by atoms with van der Waals surface area (Å²) in [5, 5.41) is 13.3. The van der Waals surface area contributed by atoms with Crippen molar-refractivity contribution in [1.82, 2.24) is 9.62 Å². The summed E-state index contributed by atoms with van der Waals surface area (Å²) < 4.78 is 32.1. The fourth-order valence-corrected chi connectivity index (χ4v) is 4.79. The van der Waals surface area contributed by atoms with Crippen LogP contribution in [-0.2, 0) is 14.8 Å². The van der Waals surface area contributed by atoms with E-state index in [1.165, 1.54) is 23.5 Å². The molecule has 1 aliphatic heterocycles. The van der Waals surface area contributed by atoms with E-state index >= 15 is 0 Å². The van der Waals surface area contributed by atoms with Crippen LogP contribution in [0.4, 0.5) is 0 Å². The highest BCUT2D eigenvalue weighted by Gasteiger charge is 2.33. The van der Waals surface area contributed by atoms with Gasteiger partial charge in [-0.1, -0.05) is 13.8 Å². The number of nitrogens with two attached hydrogens (primary N) is 1. The number of ether oxygens (including phenoxy) is 1. The topological polar surface area (TPSA) is 122 Å². The van der Waals surface area contributed by atoms with Gasteiger partial charge >= 0.3 is 0 Å². The SMILES string of the molecule is COc1ccc(S(=O)(=O)N2CCCC(NC(=O)[C@@H](N)CC(C)C)C(O)C2)cc1.Cl. The Morgan fingerprint density at radius 1 is 1.34 bits per heavy atom. The third-order valence-corrected chi connectivity index (χ3v) is 6.74. The van der Waals surface area contributed by atoms with Gasteiger partial charge in [-0.15, -0.1) is 12.4 Å². The first-order valence-corrected chi connectivity index (χ1v) is 11.0. The minimum Gasteiger partial charge on any atom is -0.497 e. The van der Waals surface area contributed by atoms with Crippen molar-refractivity contribution in [2.24, 2.45) is 11.7 Å². The van der Waals surface area contributed by atoms with Gasteiger partial charge in [-0.2, -0.15) is 4.31 Å². The first-order valence-electron chi connectivity index (χ1n) is 9.53. The molecule has 2 unspecified atom stereocenters. The van der Waals surface area contributed by atoms with E-state index in [0.29, 0.717) is 25.0 Å². The highest BCUT2D eigenvalue weighted by atomic mass is 35.5. The monoisotopic (exact) mass is 449 g/mol. The number of nitrogens with one attached hydrogen (secondary N) is 1. The standard InChI is InChI=1S/C19H31N3O5S.ClH/c1-13(2)11-16(20)19(24)21-17-5-4-10-22(12-18(17)23)28(25,26)15-8-6-14(27-3)7-9-15;/h6-9,13,16-18,23H,4-5,10-12,20H2,1-3H3,(H,21,24);1H/t16-,17?,18?;/m0./s1. The van der Waals surface area contributed by atoms with Crippen LogP contribution in [-0.4, -0.2) is 62.1 Å². The van der Waals surface area contributed by atoms with Gasteiger partial charge in [0.2, 0.25) is 15.9 Å². The van der Waals surface area contributed by atoms with E-state index in [9.17, 15) is 18.3 Å². The number of carbonyl (C=O) groups excluding carboxylic acids is 1. The number of β-amino-alcohol motifs (C(OH)–C–C–N with tert-alkyl or cyclic N) is 1. The number of benzene rings is 1. The first-order chi connectivity index (χ1) is 13.1. The lowest BCUT2D eigenvalue weighted by Gasteiger charge is -2.26. The van der Waals surface area contributed by atoms with Crippen LogP contribution in [0.15, 0.2) is 29.2 Å². The number of nitrogens with zero attached hydrogens (tertiary/aromatic N) is 1. The van der Waals surface area contributed by atoms with Crippen LogP contribution in [0.3, 0.4) is 0 Å². The van der Waals surface area contributed by atoms with Crippen molar-refractivity contribution in [3.63, 3.8) is 0 Å². The van der Waals surface area contributed by atoms with Gasteiger partial charge in [-0.05, 0) is 49.4 Å². The zero-order valence-corrected chi connectivity index (χ0v) is 18.7. The molecule has 0 aromatic heterocycles. The molecule has 1 saturated heterocycles. The van der Waals surface area contributed by atoms with Crippen molar-refractivity contribution < 1.29 is 23.1 Å². The lowest BCUT2D eigenvalue weighted by atomic mass is 10.0. The largest absolute Gasteiger partial charge is 0.497 e. The molecule has 0 saturated carbocycles. The maximum Gasteiger partial charge on any atom is 0.243 e. The quantitative estimate of drug-likeness (QED) is 0.573. The lowest BCUT2D eigenvalue weighted by molar-refractivity contribution is -0.124. The summed E-state index contributed by atoms with van der Waals surface area (Å²) in [5.74, 6) is 0.532. The summed E-state index contributed by atoms with van der Waals surface area (Å²) in [6.07, 6.45) is 0.546. The minimum absolute atomic E-state index is 0. The Labute approximate surface area is 179 Å². The van der Waals surface area contributed by atoms with Crippen molar-refractivity contribution in [2.75, 3.05) is 20.2 Å². The molecular weight excluding hydrogens is 418 g/mol. The Kier molecular flexibility index (Phi) is 9.84. The molecule has 0 bridgehead atoms. The Balaban J connectivity index is 0.00000420. The van der Waals surface area contributed by atoms with Gasteiger partial charge in [-0.25, -0.2) is 8.42 Å². The normalized spacial score (nSPS) is 21.7. The Morgan fingerprint density at radius 3 is 2.52 bits per heavy atom. The summed E-state index contributed by atoms with van der Waals surface area (Å²) in [5.41, 5.74) is 5.91. The number of hydrogen-bond acceptors (Lipinski definition) is 6. The molecule has 10 heteroatoms. The van der Waals surface area contributed by atoms with E-state index in [2.05, 4.69) is 5.32 Å². The molecule has 1 aliphatic rings. The van der Waals surface area contributed by atoms with E-state index < -0.39 is 28.2 Å². The van der Waals surface area contributed by atoms with E-state index in [1.807, 2.05) is 13.8 Å². The number of methoxy groups -OCH3 is 1. The second-order valence-electron chi connectivity index (χ2n) is 7.60. The summed E-state index contributed by atoms with van der Waals surface area (Å²) in [6, 6.07) is 4.96. The van der Waals surface area contributed by atoms with Crippen LogP contribution in [0.1, 0.15) is 33.1 Å². The van der Waals surface area contributed by atoms with Gasteiger partial charge in [0.05, 0.1) is 30.2 Å². The number of sulfonamides is 1. The molecule has 2 rings (SSSR count). The lowest BCUT2D eigenvalue weighted by Crippen LogP contribution is -2.51. The van der Waals surface area contributed by atoms with E-state index in [1.54, 1.807) is 12.1 Å². The maximum absolute atomic E-state index is 12.9. The smallest absolute Gasteiger partial charge is 0.243 e. The molecule has 1 aromatic carbocycles. The highest BCUT2D eigenvalue weighted by Crippen LogP contribution is 2.23. The predicted molar refractivity (Wildman–Crippen MR) is 114 cm³/mol. The fourth-order valence-electron chi connectivity index (χ4n) is 3.30. The van der Waals surface area contributed by atoms with Gasteiger partial charge in [0.25, 0.3) is 0 Å². The van der Waals surface area contributed by atoms with E-state index in [4.69, 9.17) is 10.5 Å². The number of carbonyl (C=O) groups is 1. The fraction of sp³-hybridized carbons (Fsp3) is 0.632. The minimum atomic E-state index is -3.75. The third kappa shape index (κ3) is 6.82. The third-order valence-electron chi connectivity index (χ3n) is 4.86. The van der Waals surface area contributed by atoms with Crippen LogP contribution in [0.5, 0.6) is 5.75 Å². The van der Waals surface area contributed by atoms with Crippen molar-refractivity contribution in [2.45, 2.75) is 56.2 Å². The molecule has 166 valence electrons. The molecule has 1 fully saturated rings. The maximum atomic E-state index is 12.9. The zero-order chi connectivity index (χ0) is 20.9. The summed E-state index contributed by atoms with van der Waals surface area (Å²) in [4.78, 5) is 12.4. The summed E-state index contributed by atoms with van der Waals surface area (Å²) >= 11 is 0. The average molecular weight is 450 g/mol. The molecule has 3 atom stereocenters. The van der Waals surface area contributed by atoms with Crippen LogP contribution < -0.4 is 15.8 Å². The molecule has 4 N–H and O–H groups in total. The van der Waals surface area contributed by atoms with Crippen molar-refractivity contribution >= 4 is 28.3 Å². The Bertz CT molecular complexity index is 758. The second-order valence-corrected chi connectivity index (χ2v) is 9.54. The predicted octanol–water partition coefficient (Wildman–Crippen LogP) is 1.12. The average Bonchev–Trinajstić information content (AvgIpc) is 2.83. The van der Waals surface area contributed by atoms with Gasteiger partial charge in [-0.3, -0.25) is 4.79 Å². The van der Waals surface area contributed by atoms with Gasteiger partial charge < -0.3 is 20.9 Å². The van der Waals surface area contributed by atoms with Crippen LogP contribution in [0.25, 0.3) is 0 Å². The second kappa shape index (κ2) is 11.1. The van der Waals surface area contributed by atoms with E-state index in [0.717, 1.165) is 0 Å². The number of rotatable bonds is 7.